The number of hydrogen-bond donors (Lipinski definition) is 4. The smallest absolute Gasteiger partial charge is 0.335 e. The van der Waals surface area contributed by atoms with E-state index in [9.17, 15) is 31.1 Å². The van der Waals surface area contributed by atoms with Gasteiger partial charge in [0.2, 0.25) is 11.7 Å². The number of imidazole rings is 1. The maximum absolute atomic E-state index is 13.9. The molecule has 0 spiro atoms. The zero-order valence-electron chi connectivity index (χ0n) is 20.1. The quantitative estimate of drug-likeness (QED) is 0.199. The fourth-order valence-corrected chi connectivity index (χ4v) is 4.88. The zero-order valence-corrected chi connectivity index (χ0v) is 21.8. The minimum absolute atomic E-state index is 0.0135. The van der Waals surface area contributed by atoms with Crippen molar-refractivity contribution in [3.05, 3.63) is 63.0 Å². The molecule has 0 radical (unpaired) electrons. The van der Waals surface area contributed by atoms with E-state index >= 15 is 0 Å². The number of carbonyl (C=O) groups is 1. The van der Waals surface area contributed by atoms with Gasteiger partial charge in [0, 0.05) is 42.6 Å². The van der Waals surface area contributed by atoms with Gasteiger partial charge in [0.1, 0.15) is 5.82 Å². The Balaban J connectivity index is 0.000000771. The first-order chi connectivity index (χ1) is 18.0. The second kappa shape index (κ2) is 11.8. The number of hydrogen-bond acceptors (Lipinski definition) is 5. The maximum atomic E-state index is 13.9. The molecule has 0 aliphatic carbocycles. The van der Waals surface area contributed by atoms with Crippen LogP contribution in [0.1, 0.15) is 29.1 Å². The highest BCUT2D eigenvalue weighted by Gasteiger charge is 2.41. The van der Waals surface area contributed by atoms with E-state index in [0.29, 0.717) is 17.7 Å². The third-order valence-electron chi connectivity index (χ3n) is 5.73. The minimum Gasteiger partial charge on any atom is -0.335 e. The number of carbonyl (C=O) groups excluding carboxylic acids is 1. The normalized spacial score (nSPS) is 14.5. The molecule has 3 heterocycles. The summed E-state index contributed by atoms with van der Waals surface area (Å²) in [6, 6.07) is 0.211. The first-order valence-corrected chi connectivity index (χ1v) is 13.6. The Morgan fingerprint density at radius 2 is 1.74 bits per heavy atom. The van der Waals surface area contributed by atoms with Gasteiger partial charge in [-0.1, -0.05) is 0 Å². The Hall–Kier alpha value is -2.75. The van der Waals surface area contributed by atoms with E-state index in [1.165, 1.54) is 16.2 Å². The second-order valence-electron chi connectivity index (χ2n) is 8.70. The summed E-state index contributed by atoms with van der Waals surface area (Å²) in [5.74, 6) is -4.98. The van der Waals surface area contributed by atoms with Crippen LogP contribution in [0.25, 0.3) is 11.3 Å². The molecule has 0 saturated heterocycles. The number of thiophene rings is 1. The minimum atomic E-state index is -4.65. The molecule has 214 valence electrons. The molecule has 5 N–H and O–H groups in total. The average molecular weight is 600 g/mol. The van der Waals surface area contributed by atoms with E-state index in [1.807, 2.05) is 0 Å². The van der Waals surface area contributed by atoms with E-state index in [-0.39, 0.29) is 49.4 Å². The van der Waals surface area contributed by atoms with Crippen LogP contribution in [0.5, 0.6) is 0 Å². The lowest BCUT2D eigenvalue weighted by Crippen LogP contribution is -2.42. The molecule has 0 fully saturated rings. The number of phosphoric acid groups is 1. The Bertz CT molecular complexity index is 1400. The molecule has 1 aromatic carbocycles. The molecule has 1 atom stereocenters. The van der Waals surface area contributed by atoms with Crippen molar-refractivity contribution in [2.24, 2.45) is 5.73 Å². The van der Waals surface area contributed by atoms with E-state index < -0.39 is 49.2 Å². The van der Waals surface area contributed by atoms with Crippen molar-refractivity contribution in [1.29, 1.82) is 0 Å². The van der Waals surface area contributed by atoms with Gasteiger partial charge in [-0.15, -0.1) is 0 Å². The summed E-state index contributed by atoms with van der Waals surface area (Å²) in [6.45, 7) is 1.59. The third-order valence-corrected chi connectivity index (χ3v) is 6.59. The number of aromatic nitrogens is 2. The topological polar surface area (TPSA) is 142 Å². The lowest BCUT2D eigenvalue weighted by molar-refractivity contribution is -0.148. The summed E-state index contributed by atoms with van der Waals surface area (Å²) in [6.07, 6.45) is -5.11. The molecule has 9 nitrogen and oxygen atoms in total. The van der Waals surface area contributed by atoms with Crippen molar-refractivity contribution in [1.82, 2.24) is 14.5 Å². The number of nitrogens with zero attached hydrogens (tertiary/aromatic N) is 3. The van der Waals surface area contributed by atoms with Crippen molar-refractivity contribution >= 4 is 25.1 Å². The molecule has 17 heteroatoms. The number of rotatable bonds is 5. The summed E-state index contributed by atoms with van der Waals surface area (Å²) < 4.78 is 91.2. The van der Waals surface area contributed by atoms with E-state index in [0.717, 1.165) is 10.1 Å². The van der Waals surface area contributed by atoms with Crippen molar-refractivity contribution < 1.29 is 50.4 Å². The van der Waals surface area contributed by atoms with E-state index in [2.05, 4.69) is 4.98 Å². The van der Waals surface area contributed by atoms with Gasteiger partial charge < -0.3 is 29.9 Å². The first kappa shape index (κ1) is 30.8. The highest BCUT2D eigenvalue weighted by molar-refractivity contribution is 7.45. The van der Waals surface area contributed by atoms with Crippen molar-refractivity contribution in [2.45, 2.75) is 45.1 Å². The number of amides is 1. The third kappa shape index (κ3) is 7.90. The average Bonchev–Trinajstić information content (AvgIpc) is 3.38. The van der Waals surface area contributed by atoms with Gasteiger partial charge >= 0.3 is 14.0 Å². The molecule has 3 aromatic rings. The van der Waals surface area contributed by atoms with Crippen LogP contribution in [-0.4, -0.2) is 47.6 Å². The molecule has 1 amide bonds. The lowest BCUT2D eigenvalue weighted by atomic mass is 10.0. The standard InChI is InChI=1S/C22H20F6N4OS.H3O4P/c1-11-9-34-10-14(11)20-18-8-31(2-3-32(18)21(30-20)22(26,27)28)19(33)6-13(29)4-12-5-16(24)17(25)7-15(12)23;1-5(2,3)4/h5,7,9-10,13H,2-4,6,8,29H2,1H3;(H3,1,2,3,4)/t13-;/m1./s1. The maximum Gasteiger partial charge on any atom is 0.466 e. The SMILES string of the molecule is Cc1cscc1-c1nc(C(F)(F)F)n2c1CN(C(=O)C[C@H](N)Cc1cc(F)c(F)cc1F)CC2.O=P(O)(O)O. The lowest BCUT2D eigenvalue weighted by Gasteiger charge is -2.30. The predicted molar refractivity (Wildman–Crippen MR) is 128 cm³/mol. The molecule has 0 saturated carbocycles. The molecule has 2 aromatic heterocycles. The summed E-state index contributed by atoms with van der Waals surface area (Å²) in [5.41, 5.74) is 7.59. The molecule has 4 rings (SSSR count). The summed E-state index contributed by atoms with van der Waals surface area (Å²) in [5, 5.41) is 3.52. The number of alkyl halides is 3. The van der Waals surface area contributed by atoms with Gasteiger partial charge in [-0.3, -0.25) is 4.79 Å². The van der Waals surface area contributed by atoms with Gasteiger partial charge in [-0.2, -0.15) is 24.5 Å². The van der Waals surface area contributed by atoms with Crippen LogP contribution < -0.4 is 5.73 Å². The fourth-order valence-electron chi connectivity index (χ4n) is 4.04. The van der Waals surface area contributed by atoms with Gasteiger partial charge in [0.15, 0.2) is 11.6 Å². The number of benzene rings is 1. The predicted octanol–water partition coefficient (Wildman–Crippen LogP) is 3.73. The number of halogens is 6. The van der Waals surface area contributed by atoms with Crippen LogP contribution in [-0.2, 0) is 35.0 Å². The Kier molecular flexibility index (Phi) is 9.30. The number of fused-ring (bicyclic) bond motifs is 1. The Morgan fingerprint density at radius 3 is 2.31 bits per heavy atom. The summed E-state index contributed by atoms with van der Waals surface area (Å²) >= 11 is 1.34. The van der Waals surface area contributed by atoms with Gasteiger partial charge in [0.25, 0.3) is 0 Å². The van der Waals surface area contributed by atoms with E-state index in [1.54, 1.807) is 17.7 Å². The Labute approximate surface area is 221 Å². The van der Waals surface area contributed by atoms with Crippen molar-refractivity contribution in [3.8, 4) is 11.3 Å². The highest BCUT2D eigenvalue weighted by Crippen LogP contribution is 2.37. The molecule has 39 heavy (non-hydrogen) atoms. The largest absolute Gasteiger partial charge is 0.466 e. The van der Waals surface area contributed by atoms with Crippen LogP contribution in [0.4, 0.5) is 26.3 Å². The molecule has 1 aliphatic rings. The van der Waals surface area contributed by atoms with Crippen molar-refractivity contribution in [2.75, 3.05) is 6.54 Å². The van der Waals surface area contributed by atoms with Gasteiger partial charge in [0.05, 0.1) is 17.9 Å². The van der Waals surface area contributed by atoms with Gasteiger partial charge in [-0.05, 0) is 35.9 Å². The second-order valence-corrected chi connectivity index (χ2v) is 10.5. The van der Waals surface area contributed by atoms with Crippen LogP contribution in [0.3, 0.4) is 0 Å². The van der Waals surface area contributed by atoms with Crippen LogP contribution in [0, 0.1) is 24.4 Å². The monoisotopic (exact) mass is 600 g/mol. The van der Waals surface area contributed by atoms with Crippen molar-refractivity contribution in [3.63, 3.8) is 0 Å². The summed E-state index contributed by atoms with van der Waals surface area (Å²) in [7, 11) is -4.64. The van der Waals surface area contributed by atoms with Crippen LogP contribution in [0.15, 0.2) is 22.9 Å². The van der Waals surface area contributed by atoms with Crippen LogP contribution in [0.2, 0.25) is 0 Å². The number of aryl methyl sites for hydroxylation is 1. The molecular formula is C22H23F6N4O5PS. The van der Waals surface area contributed by atoms with Crippen LogP contribution >= 0.6 is 19.2 Å². The van der Waals surface area contributed by atoms with E-state index in [4.69, 9.17) is 25.0 Å². The van der Waals surface area contributed by atoms with Gasteiger partial charge in [-0.25, -0.2) is 22.7 Å². The highest BCUT2D eigenvalue weighted by atomic mass is 32.1. The number of nitrogens with two attached hydrogens (primary N) is 1. The molecule has 0 bridgehead atoms. The molecule has 0 unspecified atom stereocenters. The first-order valence-electron chi connectivity index (χ1n) is 11.1. The summed E-state index contributed by atoms with van der Waals surface area (Å²) in [4.78, 5) is 39.7. The fraction of sp³-hybridized carbons (Fsp3) is 0.364. The molecule has 1 aliphatic heterocycles. The molecular weight excluding hydrogens is 577 g/mol. The Morgan fingerprint density at radius 1 is 1.13 bits per heavy atom. The zero-order chi connectivity index (χ0) is 29.3.